The van der Waals surface area contributed by atoms with Gasteiger partial charge in [-0.25, -0.2) is 0 Å². The Kier molecular flexibility index (Phi) is 7.91. The van der Waals surface area contributed by atoms with Gasteiger partial charge in [0.15, 0.2) is 0 Å². The predicted molar refractivity (Wildman–Crippen MR) is 142 cm³/mol. The van der Waals surface area contributed by atoms with Crippen molar-refractivity contribution in [3.63, 3.8) is 0 Å². The SMILES string of the molecule is CCCCCCC1(CCCCCC)c2ccccc2-c2cccc(-c3ccc(OC)cc3)c21. The van der Waals surface area contributed by atoms with E-state index in [1.54, 1.807) is 18.2 Å². The molecule has 1 nitrogen and oxygen atoms in total. The molecule has 0 heterocycles. The van der Waals surface area contributed by atoms with E-state index >= 15 is 0 Å². The zero-order chi connectivity index (χ0) is 23.1. The third-order valence-corrected chi connectivity index (χ3v) is 7.59. The molecule has 0 radical (unpaired) electrons. The minimum Gasteiger partial charge on any atom is -0.497 e. The number of methoxy groups -OCH3 is 1. The van der Waals surface area contributed by atoms with Gasteiger partial charge in [0.25, 0.3) is 0 Å². The van der Waals surface area contributed by atoms with Crippen molar-refractivity contribution < 1.29 is 4.74 Å². The van der Waals surface area contributed by atoms with Crippen LogP contribution >= 0.6 is 0 Å². The van der Waals surface area contributed by atoms with E-state index in [1.807, 2.05) is 0 Å². The van der Waals surface area contributed by atoms with E-state index in [-0.39, 0.29) is 5.41 Å². The second-order valence-corrected chi connectivity index (χ2v) is 9.71. The van der Waals surface area contributed by atoms with Gasteiger partial charge in [0.1, 0.15) is 5.75 Å². The van der Waals surface area contributed by atoms with Crippen molar-refractivity contribution in [2.45, 2.75) is 83.5 Å². The zero-order valence-electron chi connectivity index (χ0n) is 20.8. The molecule has 1 aliphatic carbocycles. The molecule has 0 aromatic heterocycles. The summed E-state index contributed by atoms with van der Waals surface area (Å²) in [5.41, 5.74) is 8.85. The Morgan fingerprint density at radius 3 is 1.85 bits per heavy atom. The van der Waals surface area contributed by atoms with E-state index in [1.165, 1.54) is 86.5 Å². The van der Waals surface area contributed by atoms with Crippen LogP contribution in [-0.2, 0) is 5.41 Å². The summed E-state index contributed by atoms with van der Waals surface area (Å²) in [7, 11) is 1.74. The van der Waals surface area contributed by atoms with Crippen LogP contribution in [0.3, 0.4) is 0 Å². The Morgan fingerprint density at radius 1 is 0.606 bits per heavy atom. The molecule has 3 aromatic carbocycles. The van der Waals surface area contributed by atoms with Gasteiger partial charge in [0, 0.05) is 5.41 Å². The standard InChI is InChI=1S/C32H40O/c1-4-6-8-12-23-32(24-13-9-7-5-2)30-18-11-10-15-28(30)29-17-14-16-27(31(29)32)25-19-21-26(33-3)22-20-25/h10-11,14-22H,4-9,12-13,23-24H2,1-3H3. The lowest BCUT2D eigenvalue weighted by Gasteiger charge is -2.34. The number of hydrogen-bond acceptors (Lipinski definition) is 1. The third-order valence-electron chi connectivity index (χ3n) is 7.59. The average molecular weight is 441 g/mol. The summed E-state index contributed by atoms with van der Waals surface area (Å²) in [6, 6.07) is 24.9. The molecule has 1 aliphatic rings. The van der Waals surface area contributed by atoms with Crippen LogP contribution in [0.5, 0.6) is 5.75 Å². The zero-order valence-corrected chi connectivity index (χ0v) is 20.8. The summed E-state index contributed by atoms with van der Waals surface area (Å²) in [5.74, 6) is 0.917. The van der Waals surface area contributed by atoms with E-state index in [2.05, 4.69) is 80.6 Å². The summed E-state index contributed by atoms with van der Waals surface area (Å²) < 4.78 is 5.44. The minimum absolute atomic E-state index is 0.115. The van der Waals surface area contributed by atoms with Gasteiger partial charge >= 0.3 is 0 Å². The third kappa shape index (κ3) is 4.74. The number of benzene rings is 3. The smallest absolute Gasteiger partial charge is 0.118 e. The molecule has 1 heteroatoms. The highest BCUT2D eigenvalue weighted by Gasteiger charge is 2.43. The van der Waals surface area contributed by atoms with Gasteiger partial charge in [0.05, 0.1) is 7.11 Å². The molecule has 0 saturated carbocycles. The van der Waals surface area contributed by atoms with Crippen molar-refractivity contribution in [3.8, 4) is 28.0 Å². The number of hydrogen-bond donors (Lipinski definition) is 0. The molecule has 0 unspecified atom stereocenters. The largest absolute Gasteiger partial charge is 0.497 e. The van der Waals surface area contributed by atoms with Crippen LogP contribution in [0.2, 0.25) is 0 Å². The van der Waals surface area contributed by atoms with Crippen LogP contribution in [-0.4, -0.2) is 7.11 Å². The number of rotatable bonds is 12. The number of ether oxygens (including phenoxy) is 1. The lowest BCUT2D eigenvalue weighted by Crippen LogP contribution is -2.26. The molecule has 4 rings (SSSR count). The Morgan fingerprint density at radius 2 is 1.21 bits per heavy atom. The maximum atomic E-state index is 5.44. The highest BCUT2D eigenvalue weighted by molar-refractivity contribution is 5.88. The van der Waals surface area contributed by atoms with Gasteiger partial charge in [-0.3, -0.25) is 0 Å². The maximum Gasteiger partial charge on any atom is 0.118 e. The Bertz CT molecular complexity index is 1020. The molecule has 0 bridgehead atoms. The highest BCUT2D eigenvalue weighted by atomic mass is 16.5. The maximum absolute atomic E-state index is 5.44. The molecule has 33 heavy (non-hydrogen) atoms. The first-order valence-electron chi connectivity index (χ1n) is 13.1. The second kappa shape index (κ2) is 11.1. The van der Waals surface area contributed by atoms with Crippen LogP contribution < -0.4 is 4.74 Å². The normalized spacial score (nSPS) is 13.5. The molecule has 3 aromatic rings. The summed E-state index contributed by atoms with van der Waals surface area (Å²) in [4.78, 5) is 0. The first kappa shape index (κ1) is 23.6. The Balaban J connectivity index is 1.84. The van der Waals surface area contributed by atoms with Gasteiger partial charge in [-0.2, -0.15) is 0 Å². The number of unbranched alkanes of at least 4 members (excludes halogenated alkanes) is 6. The molecular formula is C32H40O. The molecule has 0 fully saturated rings. The van der Waals surface area contributed by atoms with Crippen molar-refractivity contribution in [2.75, 3.05) is 7.11 Å². The molecule has 0 N–H and O–H groups in total. The van der Waals surface area contributed by atoms with Crippen LogP contribution in [0.1, 0.15) is 89.2 Å². The van der Waals surface area contributed by atoms with Gasteiger partial charge < -0.3 is 4.74 Å². The summed E-state index contributed by atoms with van der Waals surface area (Å²) in [6.07, 6.45) is 13.0. The van der Waals surface area contributed by atoms with Crippen molar-refractivity contribution in [1.29, 1.82) is 0 Å². The van der Waals surface area contributed by atoms with Crippen molar-refractivity contribution >= 4 is 0 Å². The van der Waals surface area contributed by atoms with Crippen LogP contribution in [0.4, 0.5) is 0 Å². The van der Waals surface area contributed by atoms with Crippen molar-refractivity contribution in [3.05, 3.63) is 77.9 Å². The molecule has 0 saturated heterocycles. The van der Waals surface area contributed by atoms with Crippen molar-refractivity contribution in [2.24, 2.45) is 0 Å². The van der Waals surface area contributed by atoms with Crippen LogP contribution in [0.15, 0.2) is 66.7 Å². The van der Waals surface area contributed by atoms with E-state index in [0.717, 1.165) is 5.75 Å². The molecule has 0 atom stereocenters. The Hall–Kier alpha value is -2.54. The quantitative estimate of drug-likeness (QED) is 0.255. The summed E-state index contributed by atoms with van der Waals surface area (Å²) in [6.45, 7) is 4.62. The van der Waals surface area contributed by atoms with Crippen molar-refractivity contribution in [1.82, 2.24) is 0 Å². The van der Waals surface area contributed by atoms with E-state index in [4.69, 9.17) is 4.74 Å². The topological polar surface area (TPSA) is 9.23 Å². The fourth-order valence-electron chi connectivity index (χ4n) is 5.92. The molecule has 174 valence electrons. The monoisotopic (exact) mass is 440 g/mol. The van der Waals surface area contributed by atoms with Gasteiger partial charge in [-0.15, -0.1) is 0 Å². The number of fused-ring (bicyclic) bond motifs is 3. The fourth-order valence-corrected chi connectivity index (χ4v) is 5.92. The molecular weight excluding hydrogens is 400 g/mol. The van der Waals surface area contributed by atoms with Gasteiger partial charge in [0.2, 0.25) is 0 Å². The molecule has 0 amide bonds. The van der Waals surface area contributed by atoms with E-state index in [9.17, 15) is 0 Å². The van der Waals surface area contributed by atoms with Gasteiger partial charge in [-0.05, 0) is 58.4 Å². The van der Waals surface area contributed by atoms with Gasteiger partial charge in [-0.1, -0.05) is 120 Å². The highest BCUT2D eigenvalue weighted by Crippen LogP contribution is 2.56. The first-order chi connectivity index (χ1) is 16.2. The Labute approximate surface area is 201 Å². The van der Waals surface area contributed by atoms with E-state index < -0.39 is 0 Å². The van der Waals surface area contributed by atoms with E-state index in [0.29, 0.717) is 0 Å². The lowest BCUT2D eigenvalue weighted by atomic mass is 9.68. The molecule has 0 aliphatic heterocycles. The summed E-state index contributed by atoms with van der Waals surface area (Å²) >= 11 is 0. The van der Waals surface area contributed by atoms with Crippen LogP contribution in [0.25, 0.3) is 22.3 Å². The second-order valence-electron chi connectivity index (χ2n) is 9.71. The average Bonchev–Trinajstić information content (AvgIpc) is 3.15. The van der Waals surface area contributed by atoms with Crippen LogP contribution in [0, 0.1) is 0 Å². The summed E-state index contributed by atoms with van der Waals surface area (Å²) in [5, 5.41) is 0. The lowest BCUT2D eigenvalue weighted by molar-refractivity contribution is 0.401. The minimum atomic E-state index is 0.115. The fraction of sp³-hybridized carbons (Fsp3) is 0.438. The first-order valence-corrected chi connectivity index (χ1v) is 13.1. The predicted octanol–water partition coefficient (Wildman–Crippen LogP) is 9.57. The molecule has 0 spiro atoms.